The topological polar surface area (TPSA) is 58.2 Å². The molecule has 0 saturated carbocycles. The van der Waals surface area contributed by atoms with Crippen LogP contribution in [0.4, 0.5) is 11.4 Å². The number of carbonyl (C=O) groups excluding carboxylic acids is 2. The number of benzene rings is 2. The molecule has 0 aliphatic carbocycles. The number of nitrogens with one attached hydrogen (secondary N) is 2. The van der Waals surface area contributed by atoms with Crippen molar-refractivity contribution in [2.45, 2.75) is 90.9 Å². The molecule has 0 heterocycles. The van der Waals surface area contributed by atoms with Crippen LogP contribution in [0, 0.1) is 7.14 Å². The molecule has 0 spiro atoms. The van der Waals surface area contributed by atoms with Crippen molar-refractivity contribution < 1.29 is 30.8 Å². The number of hydrogen-bond donors (Lipinski definition) is 2. The van der Waals surface area contributed by atoms with Crippen molar-refractivity contribution in [2.24, 2.45) is 0 Å². The van der Waals surface area contributed by atoms with Gasteiger partial charge in [-0.3, -0.25) is 0 Å². The summed E-state index contributed by atoms with van der Waals surface area (Å²) >= 11 is -0.297. The van der Waals surface area contributed by atoms with Gasteiger partial charge in [0, 0.05) is 0 Å². The van der Waals surface area contributed by atoms with Crippen molar-refractivity contribution in [2.75, 3.05) is 10.6 Å². The molecule has 2 N–H and O–H groups in total. The molecule has 0 saturated heterocycles. The fourth-order valence-electron chi connectivity index (χ4n) is 3.54. The molecule has 5 heteroatoms. The quantitative estimate of drug-likeness (QED) is 0.235. The van der Waals surface area contributed by atoms with Gasteiger partial charge in [0.05, 0.1) is 0 Å². The zero-order valence-corrected chi connectivity index (χ0v) is 22.5. The summed E-state index contributed by atoms with van der Waals surface area (Å²) in [4.78, 5) is 24.2. The third-order valence-electron chi connectivity index (χ3n) is 5.49. The fourth-order valence-corrected chi connectivity index (χ4v) is 5.70. The van der Waals surface area contributed by atoms with E-state index < -0.39 is 0 Å². The summed E-state index contributed by atoms with van der Waals surface area (Å²) in [6.45, 7) is 4.40. The van der Waals surface area contributed by atoms with E-state index in [1.807, 2.05) is 24.3 Å². The van der Waals surface area contributed by atoms with Gasteiger partial charge in [-0.25, -0.2) is 0 Å². The van der Waals surface area contributed by atoms with Crippen molar-refractivity contribution in [1.82, 2.24) is 0 Å². The van der Waals surface area contributed by atoms with Crippen LogP contribution in [0.15, 0.2) is 48.5 Å². The number of unbranched alkanes of at least 4 members (excludes halogenated alkanes) is 8. The van der Waals surface area contributed by atoms with Crippen molar-refractivity contribution in [1.29, 1.82) is 0 Å². The van der Waals surface area contributed by atoms with E-state index in [4.69, 9.17) is 0 Å². The van der Waals surface area contributed by atoms with E-state index >= 15 is 0 Å². The molecule has 0 fully saturated rings. The molecule has 0 atom stereocenters. The number of halogens is 1. The Hall–Kier alpha value is -1.89. The van der Waals surface area contributed by atoms with Crippen LogP contribution in [-0.4, -0.2) is 11.8 Å². The van der Waals surface area contributed by atoms with Crippen molar-refractivity contribution in [3.05, 3.63) is 55.7 Å². The minimum absolute atomic E-state index is 0.104. The zero-order chi connectivity index (χ0) is 23.7. The molecule has 0 aliphatic heterocycles. The molecule has 2 amide bonds. The van der Waals surface area contributed by atoms with Crippen molar-refractivity contribution >= 4 is 23.2 Å². The number of hydrogen-bond acceptors (Lipinski definition) is 2. The Balaban J connectivity index is 1.71. The van der Waals surface area contributed by atoms with Gasteiger partial charge in [0.2, 0.25) is 0 Å². The first-order valence-electron chi connectivity index (χ1n) is 12.6. The monoisotopic (exact) mass is 563 g/mol. The Kier molecular flexibility index (Phi) is 13.8. The molecule has 0 aromatic heterocycles. The maximum atomic E-state index is 12.1. The van der Waals surface area contributed by atoms with E-state index in [0.717, 1.165) is 37.1 Å². The summed E-state index contributed by atoms with van der Waals surface area (Å²) in [7, 11) is 0. The Morgan fingerprint density at radius 3 is 1.30 bits per heavy atom. The number of anilines is 2. The normalized spacial score (nSPS) is 10.8. The first kappa shape index (κ1) is 27.4. The van der Waals surface area contributed by atoms with Gasteiger partial charge in [0.15, 0.2) is 0 Å². The summed E-state index contributed by atoms with van der Waals surface area (Å²) in [6, 6.07) is 16.4. The van der Waals surface area contributed by atoms with Gasteiger partial charge in [-0.2, -0.15) is 0 Å². The molecule has 2 rings (SSSR count). The number of rotatable bonds is 16. The van der Waals surface area contributed by atoms with E-state index in [-0.39, 0.29) is 33.0 Å². The van der Waals surface area contributed by atoms with E-state index in [1.54, 1.807) is 0 Å². The predicted octanol–water partition coefficient (Wildman–Crippen LogP) is 4.41. The van der Waals surface area contributed by atoms with E-state index in [1.165, 1.54) is 45.7 Å². The van der Waals surface area contributed by atoms with Gasteiger partial charge in [0.1, 0.15) is 0 Å². The summed E-state index contributed by atoms with van der Waals surface area (Å²) in [5.41, 5.74) is 1.74. The average Bonchev–Trinajstić information content (AvgIpc) is 2.81. The van der Waals surface area contributed by atoms with Crippen LogP contribution >= 0.6 is 0 Å². The number of amides is 2. The van der Waals surface area contributed by atoms with Gasteiger partial charge < -0.3 is 0 Å². The zero-order valence-electron chi connectivity index (χ0n) is 20.3. The van der Waals surface area contributed by atoms with Crippen LogP contribution in [0.25, 0.3) is 0 Å². The number of carbonyl (C=O) groups is 2. The Morgan fingerprint density at radius 1 is 0.576 bits per heavy atom. The van der Waals surface area contributed by atoms with Crippen LogP contribution in [0.2, 0.25) is 0 Å². The maximum absolute atomic E-state index is 12.1. The summed E-state index contributed by atoms with van der Waals surface area (Å²) in [6.07, 6.45) is 12.8. The second-order valence-corrected chi connectivity index (χ2v) is 11.6. The fraction of sp³-hybridized carbons (Fsp3) is 0.500. The van der Waals surface area contributed by atoms with E-state index in [0.29, 0.717) is 12.8 Å². The molecule has 0 unspecified atom stereocenters. The van der Waals surface area contributed by atoms with Crippen LogP contribution in [0.5, 0.6) is 0 Å². The molecule has 0 radical (unpaired) electrons. The molecule has 0 aliphatic rings. The molecular formula is C28H40IN2O2-. The van der Waals surface area contributed by atoms with Gasteiger partial charge in [-0.15, -0.1) is 0 Å². The Bertz CT molecular complexity index is 749. The molecule has 33 heavy (non-hydrogen) atoms. The van der Waals surface area contributed by atoms with Crippen molar-refractivity contribution in [3.63, 3.8) is 0 Å². The second kappa shape index (κ2) is 16.7. The first-order valence-corrected chi connectivity index (χ1v) is 14.7. The third kappa shape index (κ3) is 12.2. The van der Waals surface area contributed by atoms with E-state index in [2.05, 4.69) is 48.7 Å². The third-order valence-corrected chi connectivity index (χ3v) is 8.17. The van der Waals surface area contributed by atoms with Gasteiger partial charge in [-0.1, -0.05) is 13.8 Å². The van der Waals surface area contributed by atoms with Crippen LogP contribution in [0.3, 0.4) is 0 Å². The van der Waals surface area contributed by atoms with Gasteiger partial charge >= 0.3 is 197 Å². The molecular weight excluding hydrogens is 523 g/mol. The molecule has 2 aromatic rings. The summed E-state index contributed by atoms with van der Waals surface area (Å²) in [5, 5.41) is 6.01. The van der Waals surface area contributed by atoms with Crippen molar-refractivity contribution in [3.8, 4) is 0 Å². The summed E-state index contributed by atoms with van der Waals surface area (Å²) < 4.78 is 2.60. The first-order chi connectivity index (χ1) is 16.1. The van der Waals surface area contributed by atoms with Crippen LogP contribution in [-0.2, 0) is 9.59 Å². The molecule has 2 aromatic carbocycles. The van der Waals surface area contributed by atoms with Gasteiger partial charge in [-0.05, 0) is 0 Å². The minimum atomic E-state index is -0.297. The molecule has 0 bridgehead atoms. The van der Waals surface area contributed by atoms with Crippen LogP contribution in [0.1, 0.15) is 90.9 Å². The Labute approximate surface area is 210 Å². The van der Waals surface area contributed by atoms with Crippen LogP contribution < -0.4 is 31.8 Å². The van der Waals surface area contributed by atoms with Gasteiger partial charge in [0.25, 0.3) is 0 Å². The van der Waals surface area contributed by atoms with E-state index in [9.17, 15) is 9.59 Å². The molecule has 182 valence electrons. The standard InChI is InChI=1S/C28H40IN2O2/c1-3-5-7-9-11-13-27(32)30-25-19-15-23(16-20-25)29-24-17-21-26(22-18-24)31-28(33)14-12-10-8-6-4-2/h15-22H,3-14H2,1-2H3,(H,30,32)(H,31,33)/q-1. The molecule has 4 nitrogen and oxygen atoms in total. The Morgan fingerprint density at radius 2 is 0.939 bits per heavy atom. The predicted molar refractivity (Wildman–Crippen MR) is 134 cm³/mol. The summed E-state index contributed by atoms with van der Waals surface area (Å²) in [5.74, 6) is 0.208. The SMILES string of the molecule is CCCCCCCC(=O)Nc1ccc([I-]c2ccc(NC(=O)CCCCCCC)cc2)cc1. The second-order valence-electron chi connectivity index (χ2n) is 8.53. The average molecular weight is 564 g/mol.